The Bertz CT molecular complexity index is 1040. The van der Waals surface area contributed by atoms with Crippen molar-refractivity contribution in [3.63, 3.8) is 0 Å². The predicted octanol–water partition coefficient (Wildman–Crippen LogP) is 4.97. The van der Waals surface area contributed by atoms with E-state index in [1.165, 1.54) is 32.0 Å². The molecule has 2 aromatic heterocycles. The van der Waals surface area contributed by atoms with Gasteiger partial charge >= 0.3 is 0 Å². The van der Waals surface area contributed by atoms with Crippen LogP contribution < -0.4 is 9.64 Å². The fourth-order valence-corrected chi connectivity index (χ4v) is 4.51. The topological polar surface area (TPSA) is 84.3 Å². The molecule has 0 unspecified atom stereocenters. The lowest BCUT2D eigenvalue weighted by atomic mass is 9.98. The molecular weight excluding hydrogens is 402 g/mol. The molecule has 1 saturated carbocycles. The summed E-state index contributed by atoms with van der Waals surface area (Å²) in [6, 6.07) is 11.5. The average molecular weight is 434 g/mol. The number of hydrogen-bond donors (Lipinski definition) is 1. The standard InChI is InChI=1S/C25H31N5O2/c1-16-5-6-17(2)12-19(11-16)30(3)24-10-9-21(28-29-24)20-8-7-18(13-23(20)31)22-14-25(32-4)27-15-26-22/h7-10,13-17,19,31H,5-6,11-12H2,1-4H3/t16-,17+,19+. The zero-order chi connectivity index (χ0) is 22.7. The van der Waals surface area contributed by atoms with Gasteiger partial charge in [0, 0.05) is 30.3 Å². The van der Waals surface area contributed by atoms with Crippen molar-refractivity contribution in [1.82, 2.24) is 20.2 Å². The molecule has 32 heavy (non-hydrogen) atoms. The maximum Gasteiger partial charge on any atom is 0.216 e. The number of phenols is 1. The Kier molecular flexibility index (Phi) is 6.53. The minimum atomic E-state index is 0.127. The number of ether oxygens (including phenoxy) is 1. The summed E-state index contributed by atoms with van der Waals surface area (Å²) in [6.45, 7) is 4.69. The number of phenolic OH excluding ortho intramolecular Hbond substituents is 1. The molecular formula is C25H31N5O2. The molecule has 168 valence electrons. The number of aromatic hydroxyl groups is 1. The number of benzene rings is 1. The van der Waals surface area contributed by atoms with Crippen molar-refractivity contribution in [3.05, 3.63) is 42.7 Å². The third-order valence-electron chi connectivity index (χ3n) is 6.48. The first-order valence-electron chi connectivity index (χ1n) is 11.2. The Hall–Kier alpha value is -3.22. The second-order valence-corrected chi connectivity index (χ2v) is 8.98. The van der Waals surface area contributed by atoms with Crippen molar-refractivity contribution in [1.29, 1.82) is 0 Å². The number of aromatic nitrogens is 4. The number of hydrogen-bond acceptors (Lipinski definition) is 7. The van der Waals surface area contributed by atoms with E-state index in [0.717, 1.165) is 23.2 Å². The highest BCUT2D eigenvalue weighted by Gasteiger charge is 2.25. The predicted molar refractivity (Wildman–Crippen MR) is 126 cm³/mol. The molecule has 0 bridgehead atoms. The van der Waals surface area contributed by atoms with E-state index >= 15 is 0 Å². The van der Waals surface area contributed by atoms with Crippen LogP contribution in [-0.4, -0.2) is 45.5 Å². The Morgan fingerprint density at radius 1 is 0.938 bits per heavy atom. The second kappa shape index (κ2) is 9.51. The summed E-state index contributed by atoms with van der Waals surface area (Å²) in [5.74, 6) is 2.92. The minimum Gasteiger partial charge on any atom is -0.507 e. The Labute approximate surface area is 189 Å². The number of nitrogens with zero attached hydrogens (tertiary/aromatic N) is 5. The average Bonchev–Trinajstić information content (AvgIpc) is 2.99. The second-order valence-electron chi connectivity index (χ2n) is 8.98. The van der Waals surface area contributed by atoms with E-state index in [-0.39, 0.29) is 5.75 Å². The number of rotatable bonds is 5. The molecule has 1 N–H and O–H groups in total. The summed E-state index contributed by atoms with van der Waals surface area (Å²) >= 11 is 0. The first kappa shape index (κ1) is 22.0. The van der Waals surface area contributed by atoms with E-state index in [4.69, 9.17) is 4.74 Å². The van der Waals surface area contributed by atoms with Crippen LogP contribution in [0.4, 0.5) is 5.82 Å². The van der Waals surface area contributed by atoms with Gasteiger partial charge in [0.15, 0.2) is 5.82 Å². The summed E-state index contributed by atoms with van der Waals surface area (Å²) in [7, 11) is 3.67. The molecule has 7 nitrogen and oxygen atoms in total. The molecule has 0 amide bonds. The molecule has 0 radical (unpaired) electrons. The van der Waals surface area contributed by atoms with Gasteiger partial charge in [-0.25, -0.2) is 9.97 Å². The van der Waals surface area contributed by atoms with E-state index in [0.29, 0.717) is 28.9 Å². The van der Waals surface area contributed by atoms with E-state index in [2.05, 4.69) is 46.0 Å². The third-order valence-corrected chi connectivity index (χ3v) is 6.48. The molecule has 3 atom stereocenters. The van der Waals surface area contributed by atoms with Crippen LogP contribution in [0, 0.1) is 11.8 Å². The smallest absolute Gasteiger partial charge is 0.216 e. The molecule has 7 heteroatoms. The van der Waals surface area contributed by atoms with E-state index in [9.17, 15) is 5.11 Å². The number of anilines is 1. The summed E-state index contributed by atoms with van der Waals surface area (Å²) in [4.78, 5) is 10.5. The Morgan fingerprint density at radius 3 is 2.31 bits per heavy atom. The first-order valence-corrected chi connectivity index (χ1v) is 11.2. The van der Waals surface area contributed by atoms with Crippen LogP contribution in [0.2, 0.25) is 0 Å². The molecule has 0 saturated heterocycles. The SMILES string of the molecule is COc1cc(-c2ccc(-c3ccc(N(C)[C@H]4C[C@H](C)CC[C@H](C)C4)nn3)c(O)c2)ncn1. The molecule has 1 aliphatic rings. The fraction of sp³-hybridized carbons (Fsp3) is 0.440. The van der Waals surface area contributed by atoms with Crippen molar-refractivity contribution in [2.45, 2.75) is 45.6 Å². The molecule has 4 rings (SSSR count). The molecule has 1 fully saturated rings. The van der Waals surface area contributed by atoms with E-state index in [1.54, 1.807) is 19.2 Å². The largest absolute Gasteiger partial charge is 0.507 e. The molecule has 3 aromatic rings. The van der Waals surface area contributed by atoms with Crippen LogP contribution in [0.5, 0.6) is 11.6 Å². The normalized spacial score (nSPS) is 21.1. The summed E-state index contributed by atoms with van der Waals surface area (Å²) < 4.78 is 5.16. The zero-order valence-corrected chi connectivity index (χ0v) is 19.2. The van der Waals surface area contributed by atoms with Crippen molar-refractivity contribution in [2.24, 2.45) is 11.8 Å². The summed E-state index contributed by atoms with van der Waals surface area (Å²) in [5, 5.41) is 19.6. The third kappa shape index (κ3) is 4.82. The highest BCUT2D eigenvalue weighted by atomic mass is 16.5. The van der Waals surface area contributed by atoms with Gasteiger partial charge in [0.1, 0.15) is 12.1 Å². The molecule has 1 aromatic carbocycles. The maximum absolute atomic E-state index is 10.7. The highest BCUT2D eigenvalue weighted by Crippen LogP contribution is 2.34. The van der Waals surface area contributed by atoms with Crippen molar-refractivity contribution < 1.29 is 9.84 Å². The molecule has 0 spiro atoms. The first-order chi connectivity index (χ1) is 15.4. The maximum atomic E-state index is 10.7. The van der Waals surface area contributed by atoms with Crippen molar-refractivity contribution in [2.75, 3.05) is 19.1 Å². The van der Waals surface area contributed by atoms with Gasteiger partial charge in [0.2, 0.25) is 5.88 Å². The monoisotopic (exact) mass is 433 g/mol. The summed E-state index contributed by atoms with van der Waals surface area (Å²) in [6.07, 6.45) is 6.40. The van der Waals surface area contributed by atoms with Crippen LogP contribution in [-0.2, 0) is 0 Å². The molecule has 0 aliphatic heterocycles. The van der Waals surface area contributed by atoms with Gasteiger partial charge in [-0.05, 0) is 48.9 Å². The van der Waals surface area contributed by atoms with Gasteiger partial charge in [-0.15, -0.1) is 10.2 Å². The molecule has 2 heterocycles. The fourth-order valence-electron chi connectivity index (χ4n) is 4.51. The van der Waals surface area contributed by atoms with Gasteiger partial charge in [-0.3, -0.25) is 0 Å². The zero-order valence-electron chi connectivity index (χ0n) is 19.2. The van der Waals surface area contributed by atoms with Crippen LogP contribution in [0.3, 0.4) is 0 Å². The van der Waals surface area contributed by atoms with Gasteiger partial charge in [0.05, 0.1) is 18.5 Å². The van der Waals surface area contributed by atoms with Crippen LogP contribution in [0.25, 0.3) is 22.5 Å². The lowest BCUT2D eigenvalue weighted by Crippen LogP contribution is -2.34. The molecule has 1 aliphatic carbocycles. The van der Waals surface area contributed by atoms with Crippen LogP contribution >= 0.6 is 0 Å². The van der Waals surface area contributed by atoms with Gasteiger partial charge in [-0.1, -0.05) is 32.8 Å². The van der Waals surface area contributed by atoms with Crippen molar-refractivity contribution >= 4 is 5.82 Å². The minimum absolute atomic E-state index is 0.127. The van der Waals surface area contributed by atoms with Crippen LogP contribution in [0.15, 0.2) is 42.7 Å². The lowest BCUT2D eigenvalue weighted by molar-refractivity contribution is 0.397. The van der Waals surface area contributed by atoms with E-state index < -0.39 is 0 Å². The Morgan fingerprint density at radius 2 is 1.69 bits per heavy atom. The van der Waals surface area contributed by atoms with Gasteiger partial charge < -0.3 is 14.7 Å². The van der Waals surface area contributed by atoms with Crippen LogP contribution in [0.1, 0.15) is 39.5 Å². The van der Waals surface area contributed by atoms with Gasteiger partial charge in [-0.2, -0.15) is 0 Å². The highest BCUT2D eigenvalue weighted by molar-refractivity contribution is 5.73. The van der Waals surface area contributed by atoms with Gasteiger partial charge in [0.25, 0.3) is 0 Å². The number of methoxy groups -OCH3 is 1. The summed E-state index contributed by atoms with van der Waals surface area (Å²) in [5.41, 5.74) is 2.71. The quantitative estimate of drug-likeness (QED) is 0.569. The van der Waals surface area contributed by atoms with E-state index in [1.807, 2.05) is 24.3 Å². The lowest BCUT2D eigenvalue weighted by Gasteiger charge is -2.30. The van der Waals surface area contributed by atoms with Crippen molar-refractivity contribution in [3.8, 4) is 34.1 Å². The Balaban J connectivity index is 1.53.